The number of nitrogens with zero attached hydrogens (tertiary/aromatic N) is 2. The average Bonchev–Trinajstić information content (AvgIpc) is 2.71. The number of carbonyl (C=O) groups is 1. The van der Waals surface area contributed by atoms with E-state index in [0.717, 1.165) is 38.4 Å². The molecule has 3 rings (SSSR count). The number of hydrogen-bond donors (Lipinski definition) is 1. The quantitative estimate of drug-likeness (QED) is 0.784. The van der Waals surface area contributed by atoms with Crippen LogP contribution in [0.15, 0.2) is 60.7 Å². The number of benzene rings is 2. The minimum atomic E-state index is 0.218. The molecule has 4 nitrogen and oxygen atoms in total. The van der Waals surface area contributed by atoms with Gasteiger partial charge < -0.3 is 10.2 Å². The lowest BCUT2D eigenvalue weighted by Crippen LogP contribution is -2.48. The predicted octanol–water partition coefficient (Wildman–Crippen LogP) is 4.00. The van der Waals surface area contributed by atoms with Crippen LogP contribution in [0.3, 0.4) is 0 Å². The summed E-state index contributed by atoms with van der Waals surface area (Å²) < 4.78 is 0. The standard InChI is InChI=1S/C22H26ClN3O/c23-20-8-10-21(11-9-20)24-13-12-22(27)26-17-15-25(16-18-26)14-4-7-19-5-2-1-3-6-19/h1-11,24H,12-18H2/b7-4+. The Bertz CT molecular complexity index is 738. The average molecular weight is 384 g/mol. The summed E-state index contributed by atoms with van der Waals surface area (Å²) in [7, 11) is 0. The molecule has 1 saturated heterocycles. The summed E-state index contributed by atoms with van der Waals surface area (Å²) in [4.78, 5) is 16.7. The molecule has 0 bridgehead atoms. The van der Waals surface area contributed by atoms with Crippen LogP contribution in [0.5, 0.6) is 0 Å². The van der Waals surface area contributed by atoms with Gasteiger partial charge in [-0.3, -0.25) is 9.69 Å². The number of nitrogens with one attached hydrogen (secondary N) is 1. The normalized spacial score (nSPS) is 15.2. The van der Waals surface area contributed by atoms with Crippen molar-refractivity contribution in [1.82, 2.24) is 9.80 Å². The van der Waals surface area contributed by atoms with E-state index in [-0.39, 0.29) is 5.91 Å². The van der Waals surface area contributed by atoms with Crippen LogP contribution in [0.2, 0.25) is 5.02 Å². The zero-order chi connectivity index (χ0) is 18.9. The van der Waals surface area contributed by atoms with Gasteiger partial charge in [0.2, 0.25) is 5.91 Å². The molecule has 1 amide bonds. The Morgan fingerprint density at radius 3 is 2.41 bits per heavy atom. The molecule has 142 valence electrons. The van der Waals surface area contributed by atoms with Gasteiger partial charge >= 0.3 is 0 Å². The molecular weight excluding hydrogens is 358 g/mol. The number of amides is 1. The van der Waals surface area contributed by atoms with Crippen molar-refractivity contribution in [3.05, 3.63) is 71.3 Å². The van der Waals surface area contributed by atoms with Gasteiger partial charge in [-0.25, -0.2) is 0 Å². The highest BCUT2D eigenvalue weighted by Crippen LogP contribution is 2.13. The summed E-state index contributed by atoms with van der Waals surface area (Å²) in [6, 6.07) is 17.9. The molecule has 1 heterocycles. The fourth-order valence-electron chi connectivity index (χ4n) is 3.12. The van der Waals surface area contributed by atoms with Crippen LogP contribution in [-0.4, -0.2) is 55.0 Å². The van der Waals surface area contributed by atoms with Gasteiger partial charge in [0, 0.05) is 56.4 Å². The molecule has 0 atom stereocenters. The largest absolute Gasteiger partial charge is 0.385 e. The molecule has 2 aromatic rings. The summed E-state index contributed by atoms with van der Waals surface area (Å²) in [5.41, 5.74) is 2.21. The third-order valence-corrected chi connectivity index (χ3v) is 4.96. The van der Waals surface area contributed by atoms with Gasteiger partial charge in [0.05, 0.1) is 0 Å². The Kier molecular flexibility index (Phi) is 7.31. The first-order chi connectivity index (χ1) is 13.2. The van der Waals surface area contributed by atoms with Crippen molar-refractivity contribution in [1.29, 1.82) is 0 Å². The maximum atomic E-state index is 12.4. The molecule has 0 aliphatic carbocycles. The lowest BCUT2D eigenvalue weighted by atomic mass is 10.2. The molecule has 1 aliphatic rings. The van der Waals surface area contributed by atoms with Gasteiger partial charge in [-0.15, -0.1) is 0 Å². The fraction of sp³-hybridized carbons (Fsp3) is 0.318. The van der Waals surface area contributed by atoms with Crippen molar-refractivity contribution in [3.63, 3.8) is 0 Å². The van der Waals surface area contributed by atoms with Crippen molar-refractivity contribution >= 4 is 29.3 Å². The van der Waals surface area contributed by atoms with Crippen LogP contribution < -0.4 is 5.32 Å². The molecule has 5 heteroatoms. The van der Waals surface area contributed by atoms with E-state index in [1.165, 1.54) is 5.56 Å². The summed E-state index contributed by atoms with van der Waals surface area (Å²) in [6.45, 7) is 5.03. The lowest BCUT2D eigenvalue weighted by Gasteiger charge is -2.34. The third-order valence-electron chi connectivity index (χ3n) is 4.71. The van der Waals surface area contributed by atoms with Crippen molar-refractivity contribution < 1.29 is 4.79 Å². The molecule has 0 saturated carbocycles. The Hall–Kier alpha value is -2.30. The summed E-state index contributed by atoms with van der Waals surface area (Å²) >= 11 is 5.88. The second-order valence-corrected chi connectivity index (χ2v) is 7.11. The van der Waals surface area contributed by atoms with Gasteiger partial charge in [-0.1, -0.05) is 54.1 Å². The molecule has 0 spiro atoms. The van der Waals surface area contributed by atoms with E-state index < -0.39 is 0 Å². The van der Waals surface area contributed by atoms with Gasteiger partial charge in [-0.2, -0.15) is 0 Å². The number of anilines is 1. The van der Waals surface area contributed by atoms with Crippen LogP contribution in [0.1, 0.15) is 12.0 Å². The highest BCUT2D eigenvalue weighted by molar-refractivity contribution is 6.30. The minimum Gasteiger partial charge on any atom is -0.385 e. The first-order valence-electron chi connectivity index (χ1n) is 9.42. The number of carbonyl (C=O) groups excluding carboxylic acids is 1. The smallest absolute Gasteiger partial charge is 0.224 e. The number of piperazine rings is 1. The van der Waals surface area contributed by atoms with Gasteiger partial charge in [0.1, 0.15) is 0 Å². The molecule has 1 N–H and O–H groups in total. The second kappa shape index (κ2) is 10.1. The van der Waals surface area contributed by atoms with Crippen molar-refractivity contribution in [2.45, 2.75) is 6.42 Å². The number of hydrogen-bond acceptors (Lipinski definition) is 3. The van der Waals surface area contributed by atoms with E-state index in [0.29, 0.717) is 18.0 Å². The van der Waals surface area contributed by atoms with Crippen molar-refractivity contribution in [3.8, 4) is 0 Å². The highest BCUT2D eigenvalue weighted by atomic mass is 35.5. The second-order valence-electron chi connectivity index (χ2n) is 6.68. The van der Waals surface area contributed by atoms with Crippen LogP contribution in [0.4, 0.5) is 5.69 Å². The van der Waals surface area contributed by atoms with Crippen LogP contribution in [-0.2, 0) is 4.79 Å². The zero-order valence-corrected chi connectivity index (χ0v) is 16.2. The molecule has 0 radical (unpaired) electrons. The van der Waals surface area contributed by atoms with Crippen molar-refractivity contribution in [2.75, 3.05) is 44.6 Å². The number of rotatable bonds is 7. The third kappa shape index (κ3) is 6.42. The lowest BCUT2D eigenvalue weighted by molar-refractivity contribution is -0.132. The first kappa shape index (κ1) is 19.5. The van der Waals surface area contributed by atoms with E-state index >= 15 is 0 Å². The van der Waals surface area contributed by atoms with E-state index in [4.69, 9.17) is 11.6 Å². The van der Waals surface area contributed by atoms with Gasteiger partial charge in [0.15, 0.2) is 0 Å². The van der Waals surface area contributed by atoms with Crippen LogP contribution in [0, 0.1) is 0 Å². The SMILES string of the molecule is O=C(CCNc1ccc(Cl)cc1)N1CCN(C/C=C/c2ccccc2)CC1. The molecule has 1 fully saturated rings. The molecule has 2 aromatic carbocycles. The van der Waals surface area contributed by atoms with E-state index in [2.05, 4.69) is 34.5 Å². The number of halogens is 1. The summed E-state index contributed by atoms with van der Waals surface area (Å²) in [6.07, 6.45) is 4.86. The van der Waals surface area contributed by atoms with E-state index in [1.54, 1.807) is 0 Å². The highest BCUT2D eigenvalue weighted by Gasteiger charge is 2.19. The van der Waals surface area contributed by atoms with Crippen molar-refractivity contribution in [2.24, 2.45) is 0 Å². The topological polar surface area (TPSA) is 35.6 Å². The summed E-state index contributed by atoms with van der Waals surface area (Å²) in [5.74, 6) is 0.218. The fourth-order valence-corrected chi connectivity index (χ4v) is 3.25. The molecule has 27 heavy (non-hydrogen) atoms. The molecule has 0 aromatic heterocycles. The Morgan fingerprint density at radius 1 is 1.00 bits per heavy atom. The zero-order valence-electron chi connectivity index (χ0n) is 15.5. The maximum absolute atomic E-state index is 12.4. The predicted molar refractivity (Wildman–Crippen MR) is 113 cm³/mol. The van der Waals surface area contributed by atoms with Gasteiger partial charge in [0.25, 0.3) is 0 Å². The molecular formula is C22H26ClN3O. The molecule has 1 aliphatic heterocycles. The maximum Gasteiger partial charge on any atom is 0.224 e. The Morgan fingerprint density at radius 2 is 1.70 bits per heavy atom. The monoisotopic (exact) mass is 383 g/mol. The van der Waals surface area contributed by atoms with E-state index in [9.17, 15) is 4.79 Å². The van der Waals surface area contributed by atoms with E-state index in [1.807, 2.05) is 47.4 Å². The Balaban J connectivity index is 1.34. The summed E-state index contributed by atoms with van der Waals surface area (Å²) in [5, 5.41) is 3.98. The van der Waals surface area contributed by atoms with Crippen LogP contribution in [0.25, 0.3) is 6.08 Å². The Labute approximate surface area is 166 Å². The molecule has 0 unspecified atom stereocenters. The van der Waals surface area contributed by atoms with Gasteiger partial charge in [-0.05, 0) is 29.8 Å². The van der Waals surface area contributed by atoms with Crippen LogP contribution >= 0.6 is 11.6 Å². The minimum absolute atomic E-state index is 0.218. The first-order valence-corrected chi connectivity index (χ1v) is 9.80.